The molecule has 5 nitrogen and oxygen atoms in total. The van der Waals surface area contributed by atoms with E-state index in [2.05, 4.69) is 17.5 Å². The summed E-state index contributed by atoms with van der Waals surface area (Å²) in [5.74, 6) is -0.0456. The van der Waals surface area contributed by atoms with Gasteiger partial charge in [0, 0.05) is 31.2 Å². The van der Waals surface area contributed by atoms with Crippen LogP contribution in [-0.4, -0.2) is 54.8 Å². The lowest BCUT2D eigenvalue weighted by molar-refractivity contribution is -0.135. The van der Waals surface area contributed by atoms with Gasteiger partial charge in [-0.15, -0.1) is 6.58 Å². The standard InChI is InChI=1S/C26H33ClN2O3/c1-4-16-29(23-11-7-8-12-24(23)32-3)25(30)20(2)26(31)14-18-28(19-15-26)17-13-21-9-5-6-10-22(21)27/h4-12,20,31H,1,13-19H2,2-3H3. The molecule has 1 fully saturated rings. The smallest absolute Gasteiger partial charge is 0.233 e. The Bertz CT molecular complexity index is 925. The van der Waals surface area contributed by atoms with E-state index in [1.54, 1.807) is 18.1 Å². The molecule has 1 amide bonds. The summed E-state index contributed by atoms with van der Waals surface area (Å²) in [7, 11) is 1.59. The molecule has 0 saturated carbocycles. The first-order valence-electron chi connectivity index (χ1n) is 11.1. The van der Waals surface area contributed by atoms with Crippen molar-refractivity contribution in [2.24, 2.45) is 5.92 Å². The third-order valence-electron chi connectivity index (χ3n) is 6.51. The number of hydrogen-bond donors (Lipinski definition) is 1. The van der Waals surface area contributed by atoms with Gasteiger partial charge in [-0.1, -0.05) is 54.9 Å². The molecule has 172 valence electrons. The Morgan fingerprint density at radius 1 is 1.25 bits per heavy atom. The van der Waals surface area contributed by atoms with Crippen LogP contribution in [0.25, 0.3) is 0 Å². The number of para-hydroxylation sites is 2. The average molecular weight is 457 g/mol. The van der Waals surface area contributed by atoms with Gasteiger partial charge in [0.2, 0.25) is 5.91 Å². The third kappa shape index (κ3) is 5.52. The largest absolute Gasteiger partial charge is 0.495 e. The Balaban J connectivity index is 1.64. The van der Waals surface area contributed by atoms with Gasteiger partial charge in [0.15, 0.2) is 0 Å². The van der Waals surface area contributed by atoms with Crippen LogP contribution in [0.4, 0.5) is 5.69 Å². The monoisotopic (exact) mass is 456 g/mol. The van der Waals surface area contributed by atoms with Gasteiger partial charge in [-0.25, -0.2) is 0 Å². The van der Waals surface area contributed by atoms with E-state index < -0.39 is 11.5 Å². The van der Waals surface area contributed by atoms with Gasteiger partial charge in [-0.05, 0) is 43.0 Å². The molecule has 1 unspecified atom stereocenters. The number of nitrogens with zero attached hydrogens (tertiary/aromatic N) is 2. The molecular formula is C26H33ClN2O3. The van der Waals surface area contributed by atoms with Gasteiger partial charge in [0.1, 0.15) is 5.75 Å². The Morgan fingerprint density at radius 2 is 1.91 bits per heavy atom. The number of halogens is 1. The number of ether oxygens (including phenoxy) is 1. The minimum Gasteiger partial charge on any atom is -0.495 e. The number of likely N-dealkylation sites (tertiary alicyclic amines) is 1. The first-order valence-corrected chi connectivity index (χ1v) is 11.5. The number of aliphatic hydroxyl groups is 1. The van der Waals surface area contributed by atoms with Crippen LogP contribution in [0, 0.1) is 5.92 Å². The molecule has 0 radical (unpaired) electrons. The highest BCUT2D eigenvalue weighted by Crippen LogP contribution is 2.35. The van der Waals surface area contributed by atoms with Crippen molar-refractivity contribution in [1.82, 2.24) is 4.90 Å². The normalized spacial score (nSPS) is 16.9. The van der Waals surface area contributed by atoms with Gasteiger partial charge in [0.25, 0.3) is 0 Å². The van der Waals surface area contributed by atoms with Crippen molar-refractivity contribution in [2.75, 3.05) is 38.2 Å². The summed E-state index contributed by atoms with van der Waals surface area (Å²) < 4.78 is 5.45. The molecular weight excluding hydrogens is 424 g/mol. The first-order chi connectivity index (χ1) is 15.4. The van der Waals surface area contributed by atoms with Gasteiger partial charge >= 0.3 is 0 Å². The van der Waals surface area contributed by atoms with Crippen molar-refractivity contribution >= 4 is 23.2 Å². The molecule has 2 aromatic rings. The number of benzene rings is 2. The van der Waals surface area contributed by atoms with Crippen molar-refractivity contribution in [3.8, 4) is 5.75 Å². The van der Waals surface area contributed by atoms with Crippen molar-refractivity contribution in [1.29, 1.82) is 0 Å². The van der Waals surface area contributed by atoms with E-state index in [-0.39, 0.29) is 5.91 Å². The summed E-state index contributed by atoms with van der Waals surface area (Å²) in [4.78, 5) is 17.5. The lowest BCUT2D eigenvalue weighted by Gasteiger charge is -2.42. The lowest BCUT2D eigenvalue weighted by atomic mass is 9.79. The van der Waals surface area contributed by atoms with Crippen LogP contribution in [0.5, 0.6) is 5.75 Å². The molecule has 1 heterocycles. The first kappa shape index (κ1) is 24.3. The van der Waals surface area contributed by atoms with Gasteiger partial charge in [-0.3, -0.25) is 4.79 Å². The molecule has 0 bridgehead atoms. The van der Waals surface area contributed by atoms with Crippen molar-refractivity contribution in [3.63, 3.8) is 0 Å². The summed E-state index contributed by atoms with van der Waals surface area (Å²) >= 11 is 6.27. The second kappa shape index (κ2) is 11.0. The van der Waals surface area contributed by atoms with Gasteiger partial charge in [0.05, 0.1) is 24.3 Å². The summed E-state index contributed by atoms with van der Waals surface area (Å²) in [5.41, 5.74) is 0.780. The fourth-order valence-corrected chi connectivity index (χ4v) is 4.56. The second-order valence-corrected chi connectivity index (χ2v) is 8.82. The number of rotatable bonds is 9. The quantitative estimate of drug-likeness (QED) is 0.561. The number of piperidine rings is 1. The van der Waals surface area contributed by atoms with Crippen LogP contribution in [0.2, 0.25) is 5.02 Å². The van der Waals surface area contributed by atoms with Crippen molar-refractivity contribution < 1.29 is 14.6 Å². The average Bonchev–Trinajstić information content (AvgIpc) is 2.82. The molecule has 0 spiro atoms. The van der Waals surface area contributed by atoms with Crippen LogP contribution in [-0.2, 0) is 11.2 Å². The molecule has 0 aromatic heterocycles. The van der Waals surface area contributed by atoms with E-state index in [9.17, 15) is 9.90 Å². The fourth-order valence-electron chi connectivity index (χ4n) is 4.33. The van der Waals surface area contributed by atoms with E-state index in [0.717, 1.165) is 36.6 Å². The van der Waals surface area contributed by atoms with E-state index >= 15 is 0 Å². The number of hydrogen-bond acceptors (Lipinski definition) is 4. The molecule has 1 aliphatic rings. The molecule has 1 saturated heterocycles. The zero-order valence-electron chi connectivity index (χ0n) is 19.0. The number of carbonyl (C=O) groups excluding carboxylic acids is 1. The maximum atomic E-state index is 13.5. The zero-order valence-corrected chi connectivity index (χ0v) is 19.7. The van der Waals surface area contributed by atoms with Crippen LogP contribution >= 0.6 is 11.6 Å². The maximum Gasteiger partial charge on any atom is 0.233 e. The van der Waals surface area contributed by atoms with Crippen LogP contribution < -0.4 is 9.64 Å². The summed E-state index contributed by atoms with van der Waals surface area (Å²) in [6.45, 7) is 8.35. The Morgan fingerprint density at radius 3 is 2.56 bits per heavy atom. The molecule has 2 aromatic carbocycles. The fraction of sp³-hybridized carbons (Fsp3) is 0.423. The highest BCUT2D eigenvalue weighted by molar-refractivity contribution is 6.31. The molecule has 0 aliphatic carbocycles. The minimum absolute atomic E-state index is 0.124. The maximum absolute atomic E-state index is 13.5. The summed E-state index contributed by atoms with van der Waals surface area (Å²) in [5, 5.41) is 12.2. The predicted octanol–water partition coefficient (Wildman–Crippen LogP) is 4.57. The highest BCUT2D eigenvalue weighted by atomic mass is 35.5. The van der Waals surface area contributed by atoms with Gasteiger partial charge < -0.3 is 19.6 Å². The topological polar surface area (TPSA) is 53.0 Å². The molecule has 6 heteroatoms. The van der Waals surface area contributed by atoms with Crippen molar-refractivity contribution in [3.05, 3.63) is 71.8 Å². The summed E-state index contributed by atoms with van der Waals surface area (Å²) in [6, 6.07) is 15.3. The Labute approximate surface area is 196 Å². The van der Waals surface area contributed by atoms with E-state index in [4.69, 9.17) is 16.3 Å². The molecule has 1 aliphatic heterocycles. The predicted molar refractivity (Wildman–Crippen MR) is 130 cm³/mol. The van der Waals surface area contributed by atoms with Crippen LogP contribution in [0.15, 0.2) is 61.2 Å². The number of amides is 1. The summed E-state index contributed by atoms with van der Waals surface area (Å²) in [6.07, 6.45) is 3.67. The Kier molecular flexibility index (Phi) is 8.35. The van der Waals surface area contributed by atoms with E-state index in [0.29, 0.717) is 30.8 Å². The number of carbonyl (C=O) groups is 1. The van der Waals surface area contributed by atoms with Crippen LogP contribution in [0.1, 0.15) is 25.3 Å². The zero-order chi connectivity index (χ0) is 23.1. The highest BCUT2D eigenvalue weighted by Gasteiger charge is 2.42. The van der Waals surface area contributed by atoms with E-state index in [1.165, 1.54) is 0 Å². The number of anilines is 1. The van der Waals surface area contributed by atoms with Gasteiger partial charge in [-0.2, -0.15) is 0 Å². The van der Waals surface area contributed by atoms with Crippen LogP contribution in [0.3, 0.4) is 0 Å². The lowest BCUT2D eigenvalue weighted by Crippen LogP contribution is -2.53. The molecule has 3 rings (SSSR count). The molecule has 1 atom stereocenters. The Hall–Kier alpha value is -2.34. The SMILES string of the molecule is C=CCN(C(=O)C(C)C1(O)CCN(CCc2ccccc2Cl)CC1)c1ccccc1OC. The molecule has 1 N–H and O–H groups in total. The minimum atomic E-state index is -1.04. The van der Waals surface area contributed by atoms with E-state index in [1.807, 2.05) is 49.4 Å². The number of methoxy groups -OCH3 is 1. The third-order valence-corrected chi connectivity index (χ3v) is 6.88. The van der Waals surface area contributed by atoms with Crippen molar-refractivity contribution in [2.45, 2.75) is 31.8 Å². The molecule has 32 heavy (non-hydrogen) atoms. The second-order valence-electron chi connectivity index (χ2n) is 8.42.